The van der Waals surface area contributed by atoms with Crippen molar-refractivity contribution >= 4 is 40.7 Å². The average Bonchev–Trinajstić information content (AvgIpc) is 3.79. The molecule has 49 heavy (non-hydrogen) atoms. The van der Waals surface area contributed by atoms with Crippen LogP contribution in [0.15, 0.2) is 77.8 Å². The summed E-state index contributed by atoms with van der Waals surface area (Å²) in [7, 11) is 1.71. The van der Waals surface area contributed by atoms with E-state index in [9.17, 15) is 14.4 Å². The van der Waals surface area contributed by atoms with Gasteiger partial charge in [-0.3, -0.25) is 9.78 Å². The van der Waals surface area contributed by atoms with Gasteiger partial charge in [-0.2, -0.15) is 0 Å². The summed E-state index contributed by atoms with van der Waals surface area (Å²) in [5.74, 6) is -0.135. The van der Waals surface area contributed by atoms with Gasteiger partial charge >= 0.3 is 12.1 Å². The Morgan fingerprint density at radius 3 is 2.00 bits per heavy atom. The highest BCUT2D eigenvalue weighted by Gasteiger charge is 2.31. The van der Waals surface area contributed by atoms with Gasteiger partial charge in [0.05, 0.1) is 27.6 Å². The molecule has 2 atom stereocenters. The largest absolute Gasteiger partial charge is 0.444 e. The zero-order valence-electron chi connectivity index (χ0n) is 29.2. The molecule has 0 saturated heterocycles. The highest BCUT2D eigenvalue weighted by Crippen LogP contribution is 2.21. The Morgan fingerprint density at radius 1 is 0.837 bits per heavy atom. The van der Waals surface area contributed by atoms with E-state index < -0.39 is 12.1 Å². The molecule has 2 heterocycles. The molecular weight excluding hydrogens is 657 g/mol. The standard InChI is InChI=1S/C37H48N6O4S2/c1-26(2)33(40-36(45)41(6)22-31-24-48-34(39-31)27(3)4)35(44)42(20-29-13-9-7-10-14-29)18-28(5)19-43(21-30-15-11-8-12-16-30)37(46)47-23-32-17-38-25-49-32/h7-17,24-28,33H,18-23H2,1-6H3,(H,40,45)/t28?,33-/m0/s1. The van der Waals surface area contributed by atoms with Crippen molar-refractivity contribution in [1.29, 1.82) is 0 Å². The van der Waals surface area contributed by atoms with Crippen LogP contribution in [0, 0.1) is 11.8 Å². The molecule has 0 radical (unpaired) electrons. The Bertz CT molecular complexity index is 1600. The first kappa shape index (κ1) is 37.5. The summed E-state index contributed by atoms with van der Waals surface area (Å²) in [4.78, 5) is 55.8. The van der Waals surface area contributed by atoms with Crippen LogP contribution < -0.4 is 5.32 Å². The number of benzene rings is 2. The maximum absolute atomic E-state index is 14.3. The molecule has 1 unspecified atom stereocenters. The third kappa shape index (κ3) is 11.7. The summed E-state index contributed by atoms with van der Waals surface area (Å²) in [6.07, 6.45) is 1.26. The number of hydrogen-bond acceptors (Lipinski definition) is 8. The van der Waals surface area contributed by atoms with Crippen molar-refractivity contribution in [1.82, 2.24) is 30.0 Å². The van der Waals surface area contributed by atoms with Gasteiger partial charge in [0.25, 0.3) is 0 Å². The smallest absolute Gasteiger partial charge is 0.410 e. The van der Waals surface area contributed by atoms with E-state index in [1.54, 1.807) is 44.8 Å². The Hall–Kier alpha value is -4.29. The van der Waals surface area contributed by atoms with Crippen LogP contribution in [0.25, 0.3) is 0 Å². The lowest BCUT2D eigenvalue weighted by atomic mass is 10.0. The van der Waals surface area contributed by atoms with Crippen LogP contribution in [-0.4, -0.2) is 68.9 Å². The lowest BCUT2D eigenvalue weighted by Gasteiger charge is -2.34. The molecule has 4 amide bonds. The Balaban J connectivity index is 1.48. The lowest BCUT2D eigenvalue weighted by Crippen LogP contribution is -2.54. The van der Waals surface area contributed by atoms with Gasteiger partial charge in [0.15, 0.2) is 0 Å². The van der Waals surface area contributed by atoms with Gasteiger partial charge in [0.1, 0.15) is 12.6 Å². The van der Waals surface area contributed by atoms with Crippen LogP contribution in [0.1, 0.15) is 67.2 Å². The summed E-state index contributed by atoms with van der Waals surface area (Å²) in [6, 6.07) is 18.5. The van der Waals surface area contributed by atoms with Crippen LogP contribution in [-0.2, 0) is 35.8 Å². The number of rotatable bonds is 16. The Labute approximate surface area is 298 Å². The number of aromatic nitrogens is 2. The van der Waals surface area contributed by atoms with Crippen molar-refractivity contribution in [2.75, 3.05) is 20.1 Å². The van der Waals surface area contributed by atoms with E-state index in [1.165, 1.54) is 11.3 Å². The first-order valence-electron chi connectivity index (χ1n) is 16.6. The maximum atomic E-state index is 14.3. The predicted octanol–water partition coefficient (Wildman–Crippen LogP) is 7.39. The number of carbonyl (C=O) groups excluding carboxylic acids is 3. The van der Waals surface area contributed by atoms with Gasteiger partial charge < -0.3 is 24.8 Å². The zero-order chi connectivity index (χ0) is 35.3. The molecule has 0 spiro atoms. The van der Waals surface area contributed by atoms with E-state index in [0.29, 0.717) is 38.6 Å². The van der Waals surface area contributed by atoms with Gasteiger partial charge in [-0.25, -0.2) is 14.6 Å². The molecule has 12 heteroatoms. The zero-order valence-corrected chi connectivity index (χ0v) is 30.9. The second kappa shape index (κ2) is 18.5. The number of hydrogen-bond donors (Lipinski definition) is 1. The SMILES string of the molecule is CC(CN(Cc1ccccc1)C(=O)OCc1cncs1)CN(Cc1ccccc1)C(=O)[C@@H](NC(=O)N(C)Cc1csc(C(C)C)n1)C(C)C. The van der Waals surface area contributed by atoms with Gasteiger partial charge in [-0.15, -0.1) is 22.7 Å². The minimum Gasteiger partial charge on any atom is -0.444 e. The number of nitrogens with one attached hydrogen (secondary N) is 1. The van der Waals surface area contributed by atoms with Gasteiger partial charge in [0, 0.05) is 50.7 Å². The molecule has 0 saturated carbocycles. The number of amides is 4. The molecule has 0 bridgehead atoms. The molecule has 0 aliphatic rings. The number of ether oxygens (including phenoxy) is 1. The lowest BCUT2D eigenvalue weighted by molar-refractivity contribution is -0.135. The Morgan fingerprint density at radius 2 is 1.45 bits per heavy atom. The third-order valence-electron chi connectivity index (χ3n) is 7.91. The molecule has 2 aromatic heterocycles. The summed E-state index contributed by atoms with van der Waals surface area (Å²) < 4.78 is 5.68. The predicted molar refractivity (Wildman–Crippen MR) is 195 cm³/mol. The van der Waals surface area contributed by atoms with Crippen LogP contribution >= 0.6 is 22.7 Å². The highest BCUT2D eigenvalue weighted by atomic mass is 32.1. The normalized spacial score (nSPS) is 12.4. The molecular formula is C37H48N6O4S2. The number of nitrogens with zero attached hydrogens (tertiary/aromatic N) is 5. The van der Waals surface area contributed by atoms with E-state index in [0.717, 1.165) is 26.7 Å². The molecule has 4 aromatic rings. The molecule has 0 aliphatic carbocycles. The van der Waals surface area contributed by atoms with Crippen molar-refractivity contribution in [2.45, 2.75) is 72.8 Å². The average molecular weight is 705 g/mol. The van der Waals surface area contributed by atoms with E-state index in [-0.39, 0.29) is 30.4 Å². The van der Waals surface area contributed by atoms with Gasteiger partial charge in [-0.1, -0.05) is 95.3 Å². The van der Waals surface area contributed by atoms with Crippen LogP contribution in [0.5, 0.6) is 0 Å². The van der Waals surface area contributed by atoms with Gasteiger partial charge in [0.2, 0.25) is 5.91 Å². The van der Waals surface area contributed by atoms with E-state index in [1.807, 2.05) is 86.8 Å². The summed E-state index contributed by atoms with van der Waals surface area (Å²) in [5.41, 5.74) is 4.48. The van der Waals surface area contributed by atoms with Crippen molar-refractivity contribution in [3.63, 3.8) is 0 Å². The van der Waals surface area contributed by atoms with Crippen LogP contribution in [0.2, 0.25) is 0 Å². The summed E-state index contributed by atoms with van der Waals surface area (Å²) in [6.45, 7) is 12.0. The second-order valence-corrected chi connectivity index (χ2v) is 14.9. The van der Waals surface area contributed by atoms with Crippen LogP contribution in [0.3, 0.4) is 0 Å². The van der Waals surface area contributed by atoms with E-state index in [4.69, 9.17) is 4.74 Å². The first-order valence-corrected chi connectivity index (χ1v) is 18.4. The second-order valence-electron chi connectivity index (χ2n) is 13.1. The van der Waals surface area contributed by atoms with E-state index >= 15 is 0 Å². The fraction of sp³-hybridized carbons (Fsp3) is 0.432. The number of carbonyl (C=O) groups is 3. The minimum atomic E-state index is -0.752. The number of thiazole rings is 2. The first-order chi connectivity index (χ1) is 23.5. The molecule has 2 aromatic carbocycles. The molecule has 4 rings (SSSR count). The van der Waals surface area contributed by atoms with Crippen molar-refractivity contribution in [3.8, 4) is 0 Å². The van der Waals surface area contributed by atoms with Crippen molar-refractivity contribution in [3.05, 3.63) is 104 Å². The summed E-state index contributed by atoms with van der Waals surface area (Å²) >= 11 is 3.02. The minimum absolute atomic E-state index is 0.113. The fourth-order valence-electron chi connectivity index (χ4n) is 5.32. The van der Waals surface area contributed by atoms with Crippen LogP contribution in [0.4, 0.5) is 9.59 Å². The quantitative estimate of drug-likeness (QED) is 0.130. The molecule has 1 N–H and O–H groups in total. The molecule has 262 valence electrons. The topological polar surface area (TPSA) is 108 Å². The fourth-order valence-corrected chi connectivity index (χ4v) is 6.65. The monoisotopic (exact) mass is 704 g/mol. The van der Waals surface area contributed by atoms with Crippen molar-refractivity contribution < 1.29 is 19.1 Å². The molecule has 0 fully saturated rings. The van der Waals surface area contributed by atoms with E-state index in [2.05, 4.69) is 29.1 Å². The molecule has 10 nitrogen and oxygen atoms in total. The number of urea groups is 1. The maximum Gasteiger partial charge on any atom is 0.410 e. The highest BCUT2D eigenvalue weighted by molar-refractivity contribution is 7.09. The van der Waals surface area contributed by atoms with Crippen molar-refractivity contribution in [2.24, 2.45) is 11.8 Å². The molecule has 0 aliphatic heterocycles. The third-order valence-corrected chi connectivity index (χ3v) is 9.86. The Kier molecular flexibility index (Phi) is 14.1. The van der Waals surface area contributed by atoms with Gasteiger partial charge in [-0.05, 0) is 23.0 Å². The summed E-state index contributed by atoms with van der Waals surface area (Å²) in [5, 5.41) is 6.01.